The second kappa shape index (κ2) is 6.51. The summed E-state index contributed by atoms with van der Waals surface area (Å²) >= 11 is 1.91. The van der Waals surface area contributed by atoms with Gasteiger partial charge in [0.15, 0.2) is 0 Å². The first-order valence-electron chi connectivity index (χ1n) is 5.13. The van der Waals surface area contributed by atoms with Crippen molar-refractivity contribution >= 4 is 40.9 Å². The summed E-state index contributed by atoms with van der Waals surface area (Å²) in [4.78, 5) is 13.7. The molecule has 0 bridgehead atoms. The van der Waals surface area contributed by atoms with Gasteiger partial charge in [-0.1, -0.05) is 0 Å². The molecule has 3 nitrogen and oxygen atoms in total. The van der Waals surface area contributed by atoms with Gasteiger partial charge in [0.05, 0.1) is 0 Å². The molecule has 0 radical (unpaired) electrons. The molecule has 94 valence electrons. The van der Waals surface area contributed by atoms with Gasteiger partial charge in [0.25, 0.3) is 5.91 Å². The first kappa shape index (κ1) is 14.7. The molecule has 1 fully saturated rings. The van der Waals surface area contributed by atoms with Crippen LogP contribution in [0.4, 0.5) is 4.39 Å². The van der Waals surface area contributed by atoms with Crippen LogP contribution in [0.25, 0.3) is 0 Å². The van der Waals surface area contributed by atoms with Crippen molar-refractivity contribution in [3.63, 3.8) is 0 Å². The average Bonchev–Trinajstić information content (AvgIpc) is 2.33. The zero-order valence-electron chi connectivity index (χ0n) is 9.08. The SMILES string of the molecule is Cl.O=C(c1ccc(I)c(F)c1)N1CCNCC1. The van der Waals surface area contributed by atoms with Crippen LogP contribution in [-0.2, 0) is 0 Å². The minimum atomic E-state index is -0.332. The van der Waals surface area contributed by atoms with E-state index in [9.17, 15) is 9.18 Å². The van der Waals surface area contributed by atoms with E-state index in [4.69, 9.17) is 0 Å². The van der Waals surface area contributed by atoms with E-state index in [1.807, 2.05) is 22.6 Å². The third kappa shape index (κ3) is 3.53. The summed E-state index contributed by atoms with van der Waals surface area (Å²) in [6, 6.07) is 4.62. The van der Waals surface area contributed by atoms with E-state index >= 15 is 0 Å². The fourth-order valence-corrected chi connectivity index (χ4v) is 2.02. The van der Waals surface area contributed by atoms with Crippen LogP contribution in [0.15, 0.2) is 18.2 Å². The lowest BCUT2D eigenvalue weighted by Gasteiger charge is -2.27. The van der Waals surface area contributed by atoms with E-state index < -0.39 is 0 Å². The van der Waals surface area contributed by atoms with E-state index in [0.717, 1.165) is 13.1 Å². The Morgan fingerprint density at radius 2 is 2.00 bits per heavy atom. The zero-order chi connectivity index (χ0) is 11.5. The summed E-state index contributed by atoms with van der Waals surface area (Å²) in [6.07, 6.45) is 0. The van der Waals surface area contributed by atoms with Gasteiger partial charge in [0, 0.05) is 35.3 Å². The number of benzene rings is 1. The van der Waals surface area contributed by atoms with Crippen molar-refractivity contribution < 1.29 is 9.18 Å². The quantitative estimate of drug-likeness (QED) is 0.766. The molecular weight excluding hydrogens is 357 g/mol. The molecule has 1 aromatic rings. The maximum Gasteiger partial charge on any atom is 0.254 e. The van der Waals surface area contributed by atoms with Crippen LogP contribution < -0.4 is 5.32 Å². The highest BCUT2D eigenvalue weighted by Gasteiger charge is 2.18. The second-order valence-corrected chi connectivity index (χ2v) is 4.83. The molecule has 1 aliphatic heterocycles. The first-order valence-corrected chi connectivity index (χ1v) is 6.21. The van der Waals surface area contributed by atoms with Gasteiger partial charge in [-0.2, -0.15) is 0 Å². The summed E-state index contributed by atoms with van der Waals surface area (Å²) in [5.74, 6) is -0.418. The van der Waals surface area contributed by atoms with E-state index in [-0.39, 0.29) is 24.1 Å². The lowest BCUT2D eigenvalue weighted by molar-refractivity contribution is 0.0735. The van der Waals surface area contributed by atoms with Gasteiger partial charge < -0.3 is 10.2 Å². The number of halogens is 3. The molecule has 0 saturated carbocycles. The Bertz CT molecular complexity index is 410. The molecule has 1 heterocycles. The van der Waals surface area contributed by atoms with Crippen LogP contribution in [0.2, 0.25) is 0 Å². The van der Waals surface area contributed by atoms with E-state index in [1.54, 1.807) is 17.0 Å². The predicted molar refractivity (Wildman–Crippen MR) is 75.1 cm³/mol. The van der Waals surface area contributed by atoms with Crippen LogP contribution in [0.5, 0.6) is 0 Å². The largest absolute Gasteiger partial charge is 0.336 e. The topological polar surface area (TPSA) is 32.3 Å². The number of carbonyl (C=O) groups excluding carboxylic acids is 1. The minimum absolute atomic E-state index is 0. The zero-order valence-corrected chi connectivity index (χ0v) is 12.1. The standard InChI is InChI=1S/C11H12FIN2O.ClH/c12-9-7-8(1-2-10(9)13)11(16)15-5-3-14-4-6-15;/h1-2,7,14H,3-6H2;1H. The lowest BCUT2D eigenvalue weighted by Crippen LogP contribution is -2.46. The maximum atomic E-state index is 13.3. The van der Waals surface area contributed by atoms with Gasteiger partial charge in [-0.25, -0.2) is 4.39 Å². The van der Waals surface area contributed by atoms with Crippen molar-refractivity contribution in [3.05, 3.63) is 33.1 Å². The molecular formula is C11H13ClFIN2O. The maximum absolute atomic E-state index is 13.3. The monoisotopic (exact) mass is 370 g/mol. The molecule has 0 atom stereocenters. The van der Waals surface area contributed by atoms with Gasteiger partial charge in [0.1, 0.15) is 5.82 Å². The van der Waals surface area contributed by atoms with Crippen molar-refractivity contribution in [2.75, 3.05) is 26.2 Å². The smallest absolute Gasteiger partial charge is 0.254 e. The van der Waals surface area contributed by atoms with Crippen molar-refractivity contribution in [1.29, 1.82) is 0 Å². The summed E-state index contributed by atoms with van der Waals surface area (Å²) in [5.41, 5.74) is 0.430. The average molecular weight is 371 g/mol. The Hall–Kier alpha value is -0.400. The molecule has 0 unspecified atom stereocenters. The van der Waals surface area contributed by atoms with E-state index in [1.165, 1.54) is 6.07 Å². The fraction of sp³-hybridized carbons (Fsp3) is 0.364. The van der Waals surface area contributed by atoms with Crippen molar-refractivity contribution in [2.45, 2.75) is 0 Å². The Morgan fingerprint density at radius 1 is 1.35 bits per heavy atom. The van der Waals surface area contributed by atoms with Crippen LogP contribution in [-0.4, -0.2) is 37.0 Å². The molecule has 0 aromatic heterocycles. The number of carbonyl (C=O) groups is 1. The predicted octanol–water partition coefficient (Wildman–Crippen LogP) is 1.90. The number of hydrogen-bond acceptors (Lipinski definition) is 2. The lowest BCUT2D eigenvalue weighted by atomic mass is 10.2. The second-order valence-electron chi connectivity index (χ2n) is 3.67. The summed E-state index contributed by atoms with van der Waals surface area (Å²) in [7, 11) is 0. The molecule has 1 N–H and O–H groups in total. The summed E-state index contributed by atoms with van der Waals surface area (Å²) < 4.78 is 13.9. The summed E-state index contributed by atoms with van der Waals surface area (Å²) in [6.45, 7) is 2.98. The molecule has 1 aliphatic rings. The van der Waals surface area contributed by atoms with Crippen LogP contribution >= 0.6 is 35.0 Å². The molecule has 1 aromatic carbocycles. The van der Waals surface area contributed by atoms with Gasteiger partial charge >= 0.3 is 0 Å². The third-order valence-electron chi connectivity index (χ3n) is 2.57. The van der Waals surface area contributed by atoms with Crippen molar-refractivity contribution in [3.8, 4) is 0 Å². The number of nitrogens with one attached hydrogen (secondary N) is 1. The van der Waals surface area contributed by atoms with E-state index in [2.05, 4.69) is 5.32 Å². The van der Waals surface area contributed by atoms with Crippen LogP contribution in [0.3, 0.4) is 0 Å². The Labute approximate surface area is 119 Å². The molecule has 6 heteroatoms. The Kier molecular flexibility index (Phi) is 5.61. The normalized spacial score (nSPS) is 15.3. The highest BCUT2D eigenvalue weighted by Crippen LogP contribution is 2.14. The molecule has 0 aliphatic carbocycles. The van der Waals surface area contributed by atoms with Crippen molar-refractivity contribution in [2.24, 2.45) is 0 Å². The molecule has 1 saturated heterocycles. The minimum Gasteiger partial charge on any atom is -0.336 e. The van der Waals surface area contributed by atoms with Crippen molar-refractivity contribution in [1.82, 2.24) is 10.2 Å². The van der Waals surface area contributed by atoms with E-state index in [0.29, 0.717) is 22.2 Å². The van der Waals surface area contributed by atoms with Gasteiger partial charge in [-0.05, 0) is 40.8 Å². The van der Waals surface area contributed by atoms with Crippen LogP contribution in [0, 0.1) is 9.39 Å². The highest BCUT2D eigenvalue weighted by atomic mass is 127. The molecule has 17 heavy (non-hydrogen) atoms. The van der Waals surface area contributed by atoms with Gasteiger partial charge in [-0.3, -0.25) is 4.79 Å². The van der Waals surface area contributed by atoms with Gasteiger partial charge in [0.2, 0.25) is 0 Å². The summed E-state index contributed by atoms with van der Waals surface area (Å²) in [5, 5.41) is 3.17. The number of nitrogens with zero attached hydrogens (tertiary/aromatic N) is 1. The Morgan fingerprint density at radius 3 is 2.59 bits per heavy atom. The fourth-order valence-electron chi connectivity index (χ4n) is 1.68. The highest BCUT2D eigenvalue weighted by molar-refractivity contribution is 14.1. The third-order valence-corrected chi connectivity index (χ3v) is 3.45. The van der Waals surface area contributed by atoms with Crippen LogP contribution in [0.1, 0.15) is 10.4 Å². The molecule has 0 spiro atoms. The van der Waals surface area contributed by atoms with Gasteiger partial charge in [-0.15, -0.1) is 12.4 Å². The molecule has 2 rings (SSSR count). The number of hydrogen-bond donors (Lipinski definition) is 1. The number of amides is 1. The molecule has 1 amide bonds. The first-order chi connectivity index (χ1) is 7.68. The number of rotatable bonds is 1. The number of piperazine rings is 1. The Balaban J connectivity index is 0.00000144.